The lowest BCUT2D eigenvalue weighted by Crippen LogP contribution is -2.55. The first-order valence-corrected chi connectivity index (χ1v) is 13.6. The molecule has 1 saturated heterocycles. The van der Waals surface area contributed by atoms with Crippen molar-refractivity contribution in [3.63, 3.8) is 0 Å². The van der Waals surface area contributed by atoms with Gasteiger partial charge in [-0.15, -0.1) is 0 Å². The molecule has 2 heterocycles. The maximum Gasteiger partial charge on any atom is 0.410 e. The molecule has 6 nitrogen and oxygen atoms in total. The van der Waals surface area contributed by atoms with Gasteiger partial charge in [-0.05, 0) is 83.9 Å². The van der Waals surface area contributed by atoms with Crippen LogP contribution < -0.4 is 4.90 Å². The molecule has 8 heteroatoms. The van der Waals surface area contributed by atoms with Crippen LogP contribution in [0.4, 0.5) is 19.4 Å². The summed E-state index contributed by atoms with van der Waals surface area (Å²) in [5.74, 6) is 0.183. The molecule has 0 radical (unpaired) electrons. The van der Waals surface area contributed by atoms with Gasteiger partial charge < -0.3 is 14.5 Å². The van der Waals surface area contributed by atoms with Crippen LogP contribution in [0.1, 0.15) is 77.6 Å². The van der Waals surface area contributed by atoms with Crippen LogP contribution in [0.5, 0.6) is 0 Å². The number of rotatable bonds is 5. The van der Waals surface area contributed by atoms with Crippen molar-refractivity contribution in [2.24, 2.45) is 5.92 Å². The highest BCUT2D eigenvalue weighted by atomic mass is 19.2. The zero-order valence-corrected chi connectivity index (χ0v) is 23.9. The maximum absolute atomic E-state index is 12.8. The van der Waals surface area contributed by atoms with Gasteiger partial charge in [-0.25, -0.2) is 23.5 Å². The summed E-state index contributed by atoms with van der Waals surface area (Å²) in [6.45, 7) is 16.0. The van der Waals surface area contributed by atoms with Crippen molar-refractivity contribution in [3.05, 3.63) is 59.1 Å². The van der Waals surface area contributed by atoms with E-state index in [0.29, 0.717) is 24.4 Å². The molecular formula is C30H42F2N4O2. The number of nitrogens with zero attached hydrogens (tertiary/aromatic N) is 4. The van der Waals surface area contributed by atoms with Gasteiger partial charge in [-0.2, -0.15) is 0 Å². The molecule has 2 fully saturated rings. The normalized spacial score (nSPS) is 18.1. The van der Waals surface area contributed by atoms with Crippen LogP contribution >= 0.6 is 0 Å². The Bertz CT molecular complexity index is 1140. The smallest absolute Gasteiger partial charge is 0.410 e. The van der Waals surface area contributed by atoms with E-state index in [1.165, 1.54) is 30.0 Å². The Hall–Kier alpha value is -3.03. The minimum atomic E-state index is -0.754. The number of hydrogen-bond acceptors (Lipinski definition) is 5. The van der Waals surface area contributed by atoms with Crippen LogP contribution in [0.15, 0.2) is 30.6 Å². The number of carbonyl (C=O) groups is 1. The third-order valence-corrected chi connectivity index (χ3v) is 6.74. The molecule has 1 unspecified atom stereocenters. The summed E-state index contributed by atoms with van der Waals surface area (Å²) in [5, 5.41) is 0. The van der Waals surface area contributed by atoms with Crippen LogP contribution in [0, 0.1) is 24.5 Å². The lowest BCUT2D eigenvalue weighted by Gasteiger charge is -2.41. The van der Waals surface area contributed by atoms with Crippen molar-refractivity contribution < 1.29 is 18.3 Å². The van der Waals surface area contributed by atoms with Gasteiger partial charge in [0.05, 0.1) is 5.69 Å². The number of ether oxygens (including phenoxy) is 1. The Morgan fingerprint density at radius 1 is 1.18 bits per heavy atom. The van der Waals surface area contributed by atoms with Crippen molar-refractivity contribution in [1.29, 1.82) is 0 Å². The van der Waals surface area contributed by atoms with Crippen LogP contribution in [0.25, 0.3) is 5.57 Å². The monoisotopic (exact) mass is 528 g/mol. The lowest BCUT2D eigenvalue weighted by atomic mass is 9.99. The Morgan fingerprint density at radius 2 is 1.89 bits per heavy atom. The first kappa shape index (κ1) is 29.5. The van der Waals surface area contributed by atoms with E-state index < -0.39 is 17.2 Å². The number of anilines is 1. The van der Waals surface area contributed by atoms with Crippen molar-refractivity contribution >= 4 is 17.5 Å². The highest BCUT2D eigenvalue weighted by Crippen LogP contribution is 2.45. The van der Waals surface area contributed by atoms with E-state index >= 15 is 0 Å². The Balaban J connectivity index is 0.000000304. The molecule has 1 aliphatic carbocycles. The van der Waals surface area contributed by atoms with Gasteiger partial charge in [0.15, 0.2) is 11.6 Å². The fourth-order valence-electron chi connectivity index (χ4n) is 4.77. The van der Waals surface area contributed by atoms with Crippen LogP contribution in [0.3, 0.4) is 0 Å². The summed E-state index contributed by atoms with van der Waals surface area (Å²) in [6, 6.07) is 4.34. The fourth-order valence-corrected chi connectivity index (χ4v) is 4.77. The summed E-state index contributed by atoms with van der Waals surface area (Å²) in [4.78, 5) is 25.7. The van der Waals surface area contributed by atoms with E-state index in [1.54, 1.807) is 12.4 Å². The zero-order valence-electron chi connectivity index (χ0n) is 23.9. The number of benzene rings is 1. The van der Waals surface area contributed by atoms with E-state index in [2.05, 4.69) is 41.7 Å². The second kappa shape index (κ2) is 12.7. The third-order valence-electron chi connectivity index (χ3n) is 6.74. The standard InChI is InChI=1S/C21H32N4O2.C9H10F2/c1-7-17(16-8-9-16)18-15(3)22-13-23-19(18)24-10-11-25(14(2)12-24)20(26)27-21(4,5)6;1-2-4-7-5-3-6-8(10)9(7)11/h7,13-14,16H,8-12H2,1-6H3;3,5-6H,2,4H2,1H3/b17-7-;. The fraction of sp³-hybridized carbons (Fsp3) is 0.567. The van der Waals surface area contributed by atoms with Gasteiger partial charge in [-0.3, -0.25) is 0 Å². The molecule has 0 bridgehead atoms. The van der Waals surface area contributed by atoms with Gasteiger partial charge >= 0.3 is 6.09 Å². The molecule has 2 aliphatic rings. The SMILES string of the molecule is C/C=C(\c1c(C)ncnc1N1CCN(C(=O)OC(C)(C)C)C(C)C1)C1CC1.CCCc1cccc(F)c1F. The molecule has 1 amide bonds. The van der Waals surface area contributed by atoms with Gasteiger partial charge in [0.2, 0.25) is 0 Å². The summed E-state index contributed by atoms with van der Waals surface area (Å²) < 4.78 is 30.9. The quantitative estimate of drug-likeness (QED) is 0.420. The lowest BCUT2D eigenvalue weighted by molar-refractivity contribution is 0.0158. The van der Waals surface area contributed by atoms with Gasteiger partial charge in [0.1, 0.15) is 17.7 Å². The Labute approximate surface area is 226 Å². The van der Waals surface area contributed by atoms with E-state index in [1.807, 2.05) is 32.6 Å². The predicted octanol–water partition coefficient (Wildman–Crippen LogP) is 6.96. The average molecular weight is 529 g/mol. The summed E-state index contributed by atoms with van der Waals surface area (Å²) in [7, 11) is 0. The minimum Gasteiger partial charge on any atom is -0.444 e. The van der Waals surface area contributed by atoms with Crippen LogP contribution in [0.2, 0.25) is 0 Å². The largest absolute Gasteiger partial charge is 0.444 e. The summed E-state index contributed by atoms with van der Waals surface area (Å²) in [5.41, 5.74) is 3.57. The molecule has 4 rings (SSSR count). The summed E-state index contributed by atoms with van der Waals surface area (Å²) >= 11 is 0. The van der Waals surface area contributed by atoms with Gasteiger partial charge in [-0.1, -0.05) is 31.6 Å². The van der Waals surface area contributed by atoms with Crippen molar-refractivity contribution in [3.8, 4) is 0 Å². The predicted molar refractivity (Wildman–Crippen MR) is 148 cm³/mol. The maximum atomic E-state index is 12.8. The highest BCUT2D eigenvalue weighted by molar-refractivity contribution is 5.79. The number of amides is 1. The molecule has 0 N–H and O–H groups in total. The molecule has 1 atom stereocenters. The number of hydrogen-bond donors (Lipinski definition) is 0. The van der Waals surface area contributed by atoms with Gasteiger partial charge in [0.25, 0.3) is 0 Å². The second-order valence-corrected chi connectivity index (χ2v) is 11.1. The Morgan fingerprint density at radius 3 is 2.47 bits per heavy atom. The molecule has 1 saturated carbocycles. The van der Waals surface area contributed by atoms with Gasteiger partial charge in [0, 0.05) is 31.2 Å². The number of piperazine rings is 1. The molecule has 0 spiro atoms. The summed E-state index contributed by atoms with van der Waals surface area (Å²) in [6.07, 6.45) is 7.56. The van der Waals surface area contributed by atoms with Crippen LogP contribution in [-0.2, 0) is 11.2 Å². The van der Waals surface area contributed by atoms with E-state index in [9.17, 15) is 13.6 Å². The third kappa shape index (κ3) is 7.51. The first-order chi connectivity index (χ1) is 18.0. The average Bonchev–Trinajstić information content (AvgIpc) is 3.68. The first-order valence-electron chi connectivity index (χ1n) is 13.6. The molecular weight excluding hydrogens is 486 g/mol. The number of allylic oxidation sites excluding steroid dienone is 2. The van der Waals surface area contributed by atoms with Crippen LogP contribution in [-0.4, -0.2) is 52.2 Å². The number of aromatic nitrogens is 2. The molecule has 1 aromatic heterocycles. The number of aryl methyl sites for hydroxylation is 2. The molecule has 2 aromatic rings. The van der Waals surface area contributed by atoms with Crippen molar-refractivity contribution in [2.75, 3.05) is 24.5 Å². The number of carbonyl (C=O) groups excluding carboxylic acids is 1. The molecule has 208 valence electrons. The van der Waals surface area contributed by atoms with E-state index in [4.69, 9.17) is 4.74 Å². The zero-order chi connectivity index (χ0) is 28.0. The molecule has 1 aliphatic heterocycles. The highest BCUT2D eigenvalue weighted by Gasteiger charge is 2.34. The minimum absolute atomic E-state index is 0.0618. The van der Waals surface area contributed by atoms with Crippen molar-refractivity contribution in [2.45, 2.75) is 85.8 Å². The van der Waals surface area contributed by atoms with E-state index in [0.717, 1.165) is 37.1 Å². The second-order valence-electron chi connectivity index (χ2n) is 11.1. The van der Waals surface area contributed by atoms with Crippen molar-refractivity contribution in [1.82, 2.24) is 14.9 Å². The Kier molecular flexibility index (Phi) is 9.85. The topological polar surface area (TPSA) is 58.6 Å². The van der Waals surface area contributed by atoms with E-state index in [-0.39, 0.29) is 12.1 Å². The number of halogens is 2. The molecule has 1 aromatic carbocycles. The molecule has 38 heavy (non-hydrogen) atoms.